The Hall–Kier alpha value is -0.810. The van der Waals surface area contributed by atoms with Gasteiger partial charge in [-0.2, -0.15) is 0 Å². The molecule has 0 aliphatic carbocycles. The van der Waals surface area contributed by atoms with Crippen molar-refractivity contribution in [2.75, 3.05) is 41.3 Å². The van der Waals surface area contributed by atoms with Crippen LogP contribution in [0.5, 0.6) is 0 Å². The van der Waals surface area contributed by atoms with E-state index in [2.05, 4.69) is 42.0 Å². The molecule has 0 saturated carbocycles. The van der Waals surface area contributed by atoms with Gasteiger partial charge in [0.25, 0.3) is 0 Å². The molecular weight excluding hydrogens is 568 g/mol. The molecule has 0 aromatic carbocycles. The summed E-state index contributed by atoms with van der Waals surface area (Å²) in [5.41, 5.74) is 0. The van der Waals surface area contributed by atoms with E-state index in [-0.39, 0.29) is 0 Å². The van der Waals surface area contributed by atoms with Crippen molar-refractivity contribution in [2.45, 2.75) is 219 Å². The topological polar surface area (TPSA) is 72.1 Å². The van der Waals surface area contributed by atoms with Crippen LogP contribution >= 0.6 is 0 Å². The Bertz CT molecular complexity index is 484. The van der Waals surface area contributed by atoms with Crippen LogP contribution in [0.15, 0.2) is 0 Å². The Labute approximate surface area is 291 Å². The molecule has 0 aliphatic heterocycles. The zero-order valence-corrected chi connectivity index (χ0v) is 32.8. The van der Waals surface area contributed by atoms with Crippen molar-refractivity contribution in [1.29, 1.82) is 0 Å². The molecule has 0 aromatic rings. The normalized spacial score (nSPS) is 11.0. The summed E-state index contributed by atoms with van der Waals surface area (Å²) in [6.45, 7) is 7.28. The Kier molecular flexibility index (Phi) is 49.9. The Morgan fingerprint density at radius 2 is 0.457 bits per heavy atom. The van der Waals surface area contributed by atoms with E-state index in [1.807, 2.05) is 0 Å². The van der Waals surface area contributed by atoms with E-state index in [1.54, 1.807) is 9.80 Å². The average Bonchev–Trinajstić information content (AvgIpc) is 3.00. The van der Waals surface area contributed by atoms with Crippen LogP contribution in [0.2, 0.25) is 0 Å². The predicted octanol–water partition coefficient (Wildman–Crippen LogP) is 8.34. The summed E-state index contributed by atoms with van der Waals surface area (Å²) in [7, 11) is 9.02. The van der Waals surface area contributed by atoms with Crippen molar-refractivity contribution in [1.82, 2.24) is 0 Å². The molecule has 46 heavy (non-hydrogen) atoms. The molecule has 280 valence electrons. The van der Waals surface area contributed by atoms with Gasteiger partial charge in [-0.25, -0.2) is 0 Å². The summed E-state index contributed by atoms with van der Waals surface area (Å²) in [6.07, 6.45) is 44.5. The lowest BCUT2D eigenvalue weighted by Crippen LogP contribution is -3.05. The number of unbranched alkanes of at least 4 members (excludes halogenated alkanes) is 30. The van der Waals surface area contributed by atoms with Crippen LogP contribution in [-0.4, -0.2) is 47.4 Å². The molecule has 5 heteroatoms. The standard InChI is InChI=1S/2C20H43N.CH2O3/c2*1-4-5-6-7-8-9-10-11-12-13-14-15-16-17-18-19-20-21(2)3;2-1(3)4/h2*4-20H2,1-3H3;(H2,2,3,4). The van der Waals surface area contributed by atoms with Crippen LogP contribution in [0.3, 0.4) is 0 Å². The SMILES string of the molecule is CCCCCCCCCCCCCCCCCC[NH+](C)C.CCCCCCCCCCCCCCCCCC[NH+](C)C.O=C([O-])[O-]. The van der Waals surface area contributed by atoms with Crippen LogP contribution in [0.4, 0.5) is 4.79 Å². The lowest BCUT2D eigenvalue weighted by molar-refractivity contribution is -0.858. The lowest BCUT2D eigenvalue weighted by Gasteiger charge is -2.06. The predicted molar refractivity (Wildman–Crippen MR) is 200 cm³/mol. The molecule has 0 bridgehead atoms. The molecule has 0 unspecified atom stereocenters. The number of nitrogens with one attached hydrogen (secondary N) is 2. The maximum absolute atomic E-state index is 8.33. The average molecular weight is 657 g/mol. The molecule has 0 amide bonds. The van der Waals surface area contributed by atoms with Gasteiger partial charge in [0.1, 0.15) is 0 Å². The van der Waals surface area contributed by atoms with E-state index in [0.29, 0.717) is 0 Å². The highest BCUT2D eigenvalue weighted by Gasteiger charge is 1.97. The van der Waals surface area contributed by atoms with Gasteiger partial charge in [-0.15, -0.1) is 0 Å². The highest BCUT2D eigenvalue weighted by Crippen LogP contribution is 2.15. The number of rotatable bonds is 34. The summed E-state index contributed by atoms with van der Waals surface area (Å²) in [4.78, 5) is 11.5. The first-order valence-electron chi connectivity index (χ1n) is 20.7. The van der Waals surface area contributed by atoms with Gasteiger partial charge >= 0.3 is 0 Å². The minimum absolute atomic E-state index is 1.35. The van der Waals surface area contributed by atoms with Crippen molar-refractivity contribution in [2.24, 2.45) is 0 Å². The largest absolute Gasteiger partial charge is 0.652 e. The number of carboxylic acid groups (broad SMARTS) is 2. The molecule has 2 N–H and O–H groups in total. The number of carbonyl (C=O) groups excluding carboxylic acids is 1. The quantitative estimate of drug-likeness (QED) is 0.0684. The summed E-state index contributed by atoms with van der Waals surface area (Å²) in [5, 5.41) is 16.7. The second kappa shape index (κ2) is 46.3. The van der Waals surface area contributed by atoms with Crippen LogP contribution in [0.1, 0.15) is 219 Å². The first kappa shape index (κ1) is 49.6. The fraction of sp³-hybridized carbons (Fsp3) is 0.976. The van der Waals surface area contributed by atoms with E-state index in [4.69, 9.17) is 15.0 Å². The summed E-state index contributed by atoms with van der Waals surface area (Å²) < 4.78 is 0. The highest BCUT2D eigenvalue weighted by atomic mass is 16.6. The minimum atomic E-state index is -2.33. The van der Waals surface area contributed by atoms with Gasteiger partial charge < -0.3 is 24.8 Å². The molecule has 0 aliphatic rings. The first-order chi connectivity index (χ1) is 22.3. The van der Waals surface area contributed by atoms with Crippen molar-refractivity contribution in [3.63, 3.8) is 0 Å². The number of hydrogen-bond donors (Lipinski definition) is 2. The van der Waals surface area contributed by atoms with E-state index in [9.17, 15) is 0 Å². The van der Waals surface area contributed by atoms with Gasteiger partial charge in [0.05, 0.1) is 41.3 Å². The molecule has 0 heterocycles. The third kappa shape index (κ3) is 62.1. The van der Waals surface area contributed by atoms with Gasteiger partial charge in [-0.1, -0.05) is 194 Å². The van der Waals surface area contributed by atoms with E-state index < -0.39 is 6.16 Å². The number of quaternary nitrogens is 2. The fourth-order valence-electron chi connectivity index (χ4n) is 6.05. The van der Waals surface area contributed by atoms with Crippen LogP contribution in [0, 0.1) is 0 Å². The van der Waals surface area contributed by atoms with Gasteiger partial charge in [0, 0.05) is 0 Å². The van der Waals surface area contributed by atoms with Gasteiger partial charge in [-0.05, 0) is 31.8 Å². The summed E-state index contributed by atoms with van der Waals surface area (Å²) in [5.74, 6) is 0. The first-order valence-corrected chi connectivity index (χ1v) is 20.7. The third-order valence-corrected chi connectivity index (χ3v) is 9.06. The Balaban J connectivity index is -0.000000719. The van der Waals surface area contributed by atoms with Crippen molar-refractivity contribution in [3.05, 3.63) is 0 Å². The van der Waals surface area contributed by atoms with E-state index >= 15 is 0 Å². The van der Waals surface area contributed by atoms with E-state index in [1.165, 1.54) is 219 Å². The molecule has 0 atom stereocenters. The molecule has 0 saturated heterocycles. The maximum Gasteiger partial charge on any atom is 0.0766 e. The smallest absolute Gasteiger partial charge is 0.0766 e. The van der Waals surface area contributed by atoms with Gasteiger partial charge in [0.15, 0.2) is 0 Å². The van der Waals surface area contributed by atoms with Crippen molar-refractivity contribution in [3.8, 4) is 0 Å². The third-order valence-electron chi connectivity index (χ3n) is 9.06. The molecular formula is C41H88N2O3. The van der Waals surface area contributed by atoms with Crippen molar-refractivity contribution >= 4 is 6.16 Å². The zero-order valence-electron chi connectivity index (χ0n) is 32.8. The number of hydrogen-bond acceptors (Lipinski definition) is 3. The zero-order chi connectivity index (χ0) is 34.8. The summed E-state index contributed by atoms with van der Waals surface area (Å²) in [6, 6.07) is 0. The van der Waals surface area contributed by atoms with Crippen LogP contribution in [0.25, 0.3) is 0 Å². The van der Waals surface area contributed by atoms with Crippen molar-refractivity contribution < 1.29 is 24.8 Å². The molecule has 5 nitrogen and oxygen atoms in total. The van der Waals surface area contributed by atoms with Gasteiger partial charge in [0.2, 0.25) is 0 Å². The second-order valence-electron chi connectivity index (χ2n) is 14.8. The monoisotopic (exact) mass is 657 g/mol. The van der Waals surface area contributed by atoms with Crippen LogP contribution < -0.4 is 20.0 Å². The van der Waals surface area contributed by atoms with Crippen LogP contribution in [-0.2, 0) is 0 Å². The second-order valence-corrected chi connectivity index (χ2v) is 14.8. The molecule has 0 rings (SSSR count). The lowest BCUT2D eigenvalue weighted by atomic mass is 10.0. The number of carbonyl (C=O) groups is 1. The molecule has 0 fully saturated rings. The highest BCUT2D eigenvalue weighted by molar-refractivity contribution is 5.47. The molecule has 0 spiro atoms. The Morgan fingerprint density at radius 1 is 0.326 bits per heavy atom. The minimum Gasteiger partial charge on any atom is -0.652 e. The van der Waals surface area contributed by atoms with E-state index in [0.717, 1.165) is 0 Å². The fourth-order valence-corrected chi connectivity index (χ4v) is 6.05. The molecule has 0 radical (unpaired) electrons. The summed E-state index contributed by atoms with van der Waals surface area (Å²) >= 11 is 0. The maximum atomic E-state index is 8.33. The Morgan fingerprint density at radius 3 is 0.587 bits per heavy atom. The molecule has 0 aromatic heterocycles. The van der Waals surface area contributed by atoms with Gasteiger partial charge in [-0.3, -0.25) is 0 Å².